The molecular formula is C26H20F4N4O3S. The van der Waals surface area contributed by atoms with Crippen molar-refractivity contribution in [1.82, 2.24) is 9.88 Å². The standard InChI is InChI=1S/C26H20F4N4O3S/c1-33-22-9-6-14(32-38(36,37)15-7-8-20(27)19(13-15)26(28,29)30)12-18(22)25(35)34-11-10-17-16-4-2-3-5-21(16)31-23(17)24(33)34/h2-9,12-13,24,31-32H,10-11H2,1H3. The van der Waals surface area contributed by atoms with Crippen molar-refractivity contribution >= 4 is 38.2 Å². The quantitative estimate of drug-likeness (QED) is 0.344. The first-order valence-electron chi connectivity index (χ1n) is 11.6. The van der Waals surface area contributed by atoms with E-state index in [9.17, 15) is 30.8 Å². The van der Waals surface area contributed by atoms with Gasteiger partial charge in [0.1, 0.15) is 12.0 Å². The number of rotatable bonds is 3. The van der Waals surface area contributed by atoms with Crippen molar-refractivity contribution in [2.75, 3.05) is 23.2 Å². The summed E-state index contributed by atoms with van der Waals surface area (Å²) >= 11 is 0. The Bertz CT molecular complexity index is 1730. The smallest absolute Gasteiger partial charge is 0.355 e. The van der Waals surface area contributed by atoms with Gasteiger partial charge in [-0.05, 0) is 54.4 Å². The van der Waals surface area contributed by atoms with Crippen molar-refractivity contribution < 1.29 is 30.8 Å². The van der Waals surface area contributed by atoms with Crippen LogP contribution in [0.5, 0.6) is 0 Å². The van der Waals surface area contributed by atoms with E-state index < -0.39 is 32.5 Å². The average molecular weight is 545 g/mol. The predicted octanol–water partition coefficient (Wildman–Crippen LogP) is 5.27. The first-order valence-corrected chi connectivity index (χ1v) is 13.1. The maximum absolute atomic E-state index is 13.7. The predicted molar refractivity (Wildman–Crippen MR) is 133 cm³/mol. The molecule has 2 N–H and O–H groups in total. The number of sulfonamides is 1. The first kappa shape index (κ1) is 24.3. The van der Waals surface area contributed by atoms with Gasteiger partial charge >= 0.3 is 6.18 Å². The summed E-state index contributed by atoms with van der Waals surface area (Å²) in [4.78, 5) is 19.9. The number of para-hydroxylation sites is 1. The van der Waals surface area contributed by atoms with E-state index in [1.54, 1.807) is 11.0 Å². The molecule has 2 aliphatic heterocycles. The van der Waals surface area contributed by atoms with Crippen molar-refractivity contribution in [3.8, 4) is 0 Å². The second-order valence-electron chi connectivity index (χ2n) is 9.27. The van der Waals surface area contributed by atoms with Crippen LogP contribution >= 0.6 is 0 Å². The molecule has 7 nitrogen and oxygen atoms in total. The molecule has 0 spiro atoms. The lowest BCUT2D eigenvalue weighted by Crippen LogP contribution is -2.51. The third kappa shape index (κ3) is 3.70. The van der Waals surface area contributed by atoms with Crippen LogP contribution in [0.1, 0.15) is 33.3 Å². The zero-order valence-electron chi connectivity index (χ0n) is 19.8. The van der Waals surface area contributed by atoms with E-state index >= 15 is 0 Å². The summed E-state index contributed by atoms with van der Waals surface area (Å²) in [6.07, 6.45) is -4.80. The molecule has 12 heteroatoms. The molecule has 1 unspecified atom stereocenters. The number of amides is 1. The highest BCUT2D eigenvalue weighted by Crippen LogP contribution is 2.43. The van der Waals surface area contributed by atoms with Crippen LogP contribution < -0.4 is 9.62 Å². The molecular weight excluding hydrogens is 524 g/mol. The van der Waals surface area contributed by atoms with Crippen LogP contribution in [0, 0.1) is 5.82 Å². The molecule has 3 aromatic carbocycles. The normalized spacial score (nSPS) is 17.3. The van der Waals surface area contributed by atoms with Crippen LogP contribution in [0.2, 0.25) is 0 Å². The molecule has 196 valence electrons. The van der Waals surface area contributed by atoms with Crippen molar-refractivity contribution in [2.45, 2.75) is 23.7 Å². The Kier molecular flexibility index (Phi) is 5.25. The molecule has 0 radical (unpaired) electrons. The van der Waals surface area contributed by atoms with Crippen LogP contribution in [0.4, 0.5) is 28.9 Å². The lowest BCUT2D eigenvalue weighted by molar-refractivity contribution is -0.140. The first-order chi connectivity index (χ1) is 18.0. The van der Waals surface area contributed by atoms with Crippen molar-refractivity contribution in [3.63, 3.8) is 0 Å². The average Bonchev–Trinajstić information content (AvgIpc) is 3.25. The van der Waals surface area contributed by atoms with E-state index in [4.69, 9.17) is 0 Å². The zero-order chi connectivity index (χ0) is 27.0. The van der Waals surface area contributed by atoms with Crippen LogP contribution in [-0.2, 0) is 22.6 Å². The zero-order valence-corrected chi connectivity index (χ0v) is 20.6. The number of aromatic amines is 1. The number of nitrogens with zero attached hydrogens (tertiary/aromatic N) is 2. The lowest BCUT2D eigenvalue weighted by Gasteiger charge is -2.46. The molecule has 4 aromatic rings. The van der Waals surface area contributed by atoms with E-state index in [-0.39, 0.29) is 29.4 Å². The topological polar surface area (TPSA) is 85.5 Å². The van der Waals surface area contributed by atoms with Gasteiger partial charge in [-0.3, -0.25) is 9.52 Å². The number of halogens is 4. The van der Waals surface area contributed by atoms with E-state index in [0.717, 1.165) is 28.2 Å². The maximum Gasteiger partial charge on any atom is 0.419 e. The minimum Gasteiger partial charge on any atom is -0.355 e. The van der Waals surface area contributed by atoms with Crippen LogP contribution in [0.15, 0.2) is 65.6 Å². The van der Waals surface area contributed by atoms with Gasteiger partial charge in [0.25, 0.3) is 15.9 Å². The number of nitrogens with one attached hydrogen (secondary N) is 2. The molecule has 1 aromatic heterocycles. The summed E-state index contributed by atoms with van der Waals surface area (Å²) in [5.41, 5.74) is 2.17. The number of carbonyl (C=O) groups is 1. The number of anilines is 2. The third-order valence-electron chi connectivity index (χ3n) is 7.04. The molecule has 0 saturated heterocycles. The molecule has 1 atom stereocenters. The number of aromatic nitrogens is 1. The summed E-state index contributed by atoms with van der Waals surface area (Å²) < 4.78 is 80.8. The highest BCUT2D eigenvalue weighted by molar-refractivity contribution is 7.92. The molecule has 0 bridgehead atoms. The van der Waals surface area contributed by atoms with Crippen molar-refractivity contribution in [3.05, 3.63) is 88.9 Å². The Labute approximate surface area is 214 Å². The van der Waals surface area contributed by atoms with Crippen molar-refractivity contribution in [2.24, 2.45) is 0 Å². The number of benzene rings is 3. The van der Waals surface area contributed by atoms with E-state index in [1.165, 1.54) is 12.1 Å². The van der Waals surface area contributed by atoms with Crippen LogP contribution in [0.3, 0.4) is 0 Å². The monoisotopic (exact) mass is 544 g/mol. The van der Waals surface area contributed by atoms with Crippen LogP contribution in [0.25, 0.3) is 10.9 Å². The molecule has 0 aliphatic carbocycles. The highest BCUT2D eigenvalue weighted by Gasteiger charge is 2.42. The summed E-state index contributed by atoms with van der Waals surface area (Å²) in [6.45, 7) is 0.452. The molecule has 1 amide bonds. The van der Waals surface area contributed by atoms with Gasteiger partial charge in [-0.1, -0.05) is 18.2 Å². The van der Waals surface area contributed by atoms with E-state index in [1.807, 2.05) is 36.2 Å². The molecule has 2 aliphatic rings. The fraction of sp³-hybridized carbons (Fsp3) is 0.192. The summed E-state index contributed by atoms with van der Waals surface area (Å²) in [5.74, 6) is -1.87. The maximum atomic E-state index is 13.7. The van der Waals surface area contributed by atoms with Gasteiger partial charge in [0, 0.05) is 30.2 Å². The number of hydrogen-bond donors (Lipinski definition) is 2. The van der Waals surface area contributed by atoms with Gasteiger partial charge in [-0.15, -0.1) is 0 Å². The largest absolute Gasteiger partial charge is 0.419 e. The molecule has 0 saturated carbocycles. The van der Waals surface area contributed by atoms with Crippen molar-refractivity contribution in [1.29, 1.82) is 0 Å². The van der Waals surface area contributed by atoms with E-state index in [2.05, 4.69) is 9.71 Å². The minimum atomic E-state index is -5.06. The third-order valence-corrected chi connectivity index (χ3v) is 8.42. The van der Waals surface area contributed by atoms with Gasteiger partial charge in [0.05, 0.1) is 27.4 Å². The number of carbonyl (C=O) groups excluding carboxylic acids is 1. The number of hydrogen-bond acceptors (Lipinski definition) is 4. The van der Waals surface area contributed by atoms with Gasteiger partial charge in [-0.25, -0.2) is 12.8 Å². The second-order valence-corrected chi connectivity index (χ2v) is 11.0. The Morgan fingerprint density at radius 2 is 1.82 bits per heavy atom. The SMILES string of the molecule is CN1c2ccc(NS(=O)(=O)c3ccc(F)c(C(F)(F)F)c3)cc2C(=O)N2CCc3c([nH]c4ccccc34)C21. The Morgan fingerprint density at radius 3 is 2.58 bits per heavy atom. The molecule has 6 rings (SSSR count). The summed E-state index contributed by atoms with van der Waals surface area (Å²) in [5, 5.41) is 1.10. The molecule has 38 heavy (non-hydrogen) atoms. The highest BCUT2D eigenvalue weighted by atomic mass is 32.2. The van der Waals surface area contributed by atoms with Gasteiger partial charge in [0.15, 0.2) is 0 Å². The summed E-state index contributed by atoms with van der Waals surface area (Å²) in [7, 11) is -2.67. The summed E-state index contributed by atoms with van der Waals surface area (Å²) in [6, 6.07) is 13.7. The Balaban J connectivity index is 1.35. The van der Waals surface area contributed by atoms with E-state index in [0.29, 0.717) is 24.7 Å². The second kappa shape index (κ2) is 8.22. The van der Waals surface area contributed by atoms with Gasteiger partial charge < -0.3 is 14.8 Å². The minimum absolute atomic E-state index is 0.00913. The molecule has 0 fully saturated rings. The fourth-order valence-corrected chi connectivity index (χ4v) is 6.38. The fourth-order valence-electron chi connectivity index (χ4n) is 5.30. The number of fused-ring (bicyclic) bond motifs is 6. The molecule has 3 heterocycles. The van der Waals surface area contributed by atoms with Gasteiger partial charge in [0.2, 0.25) is 0 Å². The lowest BCUT2D eigenvalue weighted by atomic mass is 9.96. The van der Waals surface area contributed by atoms with Crippen LogP contribution in [-0.4, -0.2) is 37.8 Å². The Morgan fingerprint density at radius 1 is 1.05 bits per heavy atom. The Hall–Kier alpha value is -4.06. The van der Waals surface area contributed by atoms with Gasteiger partial charge in [-0.2, -0.15) is 13.2 Å². The number of alkyl halides is 3. The number of H-pyrrole nitrogens is 1.